The van der Waals surface area contributed by atoms with Crippen molar-refractivity contribution in [2.75, 3.05) is 39.5 Å². The summed E-state index contributed by atoms with van der Waals surface area (Å²) < 4.78 is 20.3. The summed E-state index contributed by atoms with van der Waals surface area (Å²) in [6.45, 7) is 27.0. The van der Waals surface area contributed by atoms with Gasteiger partial charge in [0.1, 0.15) is 11.5 Å². The number of aryl methyl sites for hydroxylation is 6. The van der Waals surface area contributed by atoms with Gasteiger partial charge < -0.3 is 14.2 Å². The maximum atomic E-state index is 13.5. The highest BCUT2D eigenvalue weighted by atomic mass is 35.5. The first kappa shape index (κ1) is 47.4. The van der Waals surface area contributed by atoms with E-state index in [4.69, 9.17) is 25.8 Å². The Labute approximate surface area is 355 Å². The molecule has 0 unspecified atom stereocenters. The monoisotopic (exact) mass is 836 g/mol. The zero-order chi connectivity index (χ0) is 44.0. The molecule has 2 fully saturated rings. The summed E-state index contributed by atoms with van der Waals surface area (Å²) in [5, 5.41) is 2.88. The van der Waals surface area contributed by atoms with E-state index in [0.717, 1.165) is 59.1 Å². The van der Waals surface area contributed by atoms with Crippen LogP contribution < -0.4 is 10.3 Å². The van der Waals surface area contributed by atoms with Crippen molar-refractivity contribution in [3.63, 3.8) is 0 Å². The number of carbonyl (C=O) groups is 4. The average molecular weight is 837 g/mol. The van der Waals surface area contributed by atoms with Gasteiger partial charge in [-0.3, -0.25) is 24.0 Å². The Hall–Kier alpha value is -4.26. The van der Waals surface area contributed by atoms with Crippen LogP contribution in [0.25, 0.3) is 11.1 Å². The minimum atomic E-state index is -0.682. The lowest BCUT2D eigenvalue weighted by Gasteiger charge is -2.23. The van der Waals surface area contributed by atoms with E-state index in [2.05, 4.69) is 65.8 Å². The first-order valence-corrected chi connectivity index (χ1v) is 21.4. The Morgan fingerprint density at radius 1 is 0.644 bits per heavy atom. The van der Waals surface area contributed by atoms with Crippen LogP contribution in [-0.2, 0) is 67.4 Å². The summed E-state index contributed by atoms with van der Waals surface area (Å²) in [6.07, 6.45) is 3.24. The second kappa shape index (κ2) is 19.9. The number of nitrogens with zero attached hydrogens (tertiary/aromatic N) is 4. The van der Waals surface area contributed by atoms with E-state index in [0.29, 0.717) is 64.0 Å². The molecule has 2 saturated heterocycles. The van der Waals surface area contributed by atoms with Gasteiger partial charge in [0.05, 0.1) is 58.0 Å². The standard InChI is InChI=1S/C23H32N2O4.C18H24N2O3.C5H9ClO/c1-7-16-13-15(3)14-17(8-2)18(16)19-20(26)24-9-11-28-12-10-25(24)21(19)29-22(27)23(4,5)6;1-4-13-10-12(3)11-14(5-2)15(13)16-17(21)19-6-8-23-9-7-20(19)18(16)22;1-5(2,3)4(6)7/h13-14H,7-12H2,1-6H3;10-11,16H,4-9H2,1-3H3;1-3H3. The van der Waals surface area contributed by atoms with Gasteiger partial charge in [-0.2, -0.15) is 0 Å². The number of fused-ring (bicyclic) bond motifs is 2. The molecule has 0 atom stereocenters. The molecule has 2 aromatic carbocycles. The number of benzene rings is 2. The predicted molar refractivity (Wildman–Crippen MR) is 231 cm³/mol. The number of hydrogen-bond acceptors (Lipinski definition) is 8. The summed E-state index contributed by atoms with van der Waals surface area (Å²) in [5.74, 6) is -0.900. The van der Waals surface area contributed by atoms with Gasteiger partial charge in [0, 0.05) is 5.41 Å². The molecule has 0 N–H and O–H groups in total. The van der Waals surface area contributed by atoms with E-state index in [1.165, 1.54) is 11.1 Å². The maximum Gasteiger partial charge on any atom is 0.317 e. The van der Waals surface area contributed by atoms with Crippen LogP contribution in [0.1, 0.15) is 114 Å². The van der Waals surface area contributed by atoms with Gasteiger partial charge in [-0.05, 0) is 105 Å². The molecule has 13 heteroatoms. The fourth-order valence-electron chi connectivity index (χ4n) is 7.46. The van der Waals surface area contributed by atoms with Crippen LogP contribution in [0, 0.1) is 24.7 Å². The highest BCUT2D eigenvalue weighted by molar-refractivity contribution is 6.64. The van der Waals surface area contributed by atoms with E-state index in [9.17, 15) is 24.0 Å². The van der Waals surface area contributed by atoms with E-state index < -0.39 is 11.3 Å². The minimum Gasteiger partial charge on any atom is -0.407 e. The topological polar surface area (TPSA) is 129 Å². The van der Waals surface area contributed by atoms with Crippen molar-refractivity contribution in [1.82, 2.24) is 19.4 Å². The number of carbonyl (C=O) groups excluding carboxylic acids is 4. The molecule has 4 heterocycles. The average Bonchev–Trinajstić information content (AvgIpc) is 3.38. The Morgan fingerprint density at radius 3 is 1.42 bits per heavy atom. The van der Waals surface area contributed by atoms with Gasteiger partial charge in [0.2, 0.25) is 11.1 Å². The molecule has 2 amide bonds. The first-order chi connectivity index (χ1) is 27.7. The molecular weight excluding hydrogens is 772 g/mol. The third-order valence-corrected chi connectivity index (χ3v) is 11.2. The van der Waals surface area contributed by atoms with Crippen LogP contribution in [0.4, 0.5) is 0 Å². The third kappa shape index (κ3) is 10.7. The number of amides is 2. The third-order valence-electron chi connectivity index (χ3n) is 10.7. The molecule has 3 aromatic rings. The van der Waals surface area contributed by atoms with Gasteiger partial charge in [0.25, 0.3) is 17.4 Å². The van der Waals surface area contributed by atoms with E-state index >= 15 is 0 Å². The quantitative estimate of drug-likeness (QED) is 0.137. The predicted octanol–water partition coefficient (Wildman–Crippen LogP) is 7.35. The van der Waals surface area contributed by atoms with Gasteiger partial charge in [-0.25, -0.2) is 19.4 Å². The Bertz CT molecular complexity index is 2010. The summed E-state index contributed by atoms with van der Waals surface area (Å²) >= 11 is 5.11. The molecule has 324 valence electrons. The fourth-order valence-corrected chi connectivity index (χ4v) is 7.46. The number of hydrogen-bond donors (Lipinski definition) is 0. The molecule has 0 bridgehead atoms. The molecule has 0 spiro atoms. The number of ether oxygens (including phenoxy) is 3. The van der Waals surface area contributed by atoms with Crippen LogP contribution in [0.5, 0.6) is 5.88 Å². The SMILES string of the molecule is CC(C)(C)C(=O)Cl.CCc1cc(C)cc(CC)c1-c1c(OC(=O)C(C)(C)C)n2n(c1=O)CCOCC2.CCc1cc(C)cc(CC)c1C1C(=O)N2CCOCCN2C1=O. The van der Waals surface area contributed by atoms with Gasteiger partial charge >= 0.3 is 5.97 Å². The first-order valence-electron chi connectivity index (χ1n) is 21.0. The summed E-state index contributed by atoms with van der Waals surface area (Å²) in [4.78, 5) is 62.4. The van der Waals surface area contributed by atoms with Crippen LogP contribution >= 0.6 is 11.6 Å². The summed E-state index contributed by atoms with van der Waals surface area (Å²) in [5.41, 5.74) is 7.96. The smallest absolute Gasteiger partial charge is 0.317 e. The minimum absolute atomic E-state index is 0.103. The Morgan fingerprint density at radius 2 is 1.03 bits per heavy atom. The maximum absolute atomic E-state index is 13.5. The molecule has 1 aromatic heterocycles. The van der Waals surface area contributed by atoms with Crippen molar-refractivity contribution >= 4 is 34.6 Å². The lowest BCUT2D eigenvalue weighted by molar-refractivity contribution is -0.145. The molecule has 0 aliphatic carbocycles. The fraction of sp³-hybridized carbons (Fsp3) is 0.587. The van der Waals surface area contributed by atoms with Crippen LogP contribution in [0.2, 0.25) is 0 Å². The largest absolute Gasteiger partial charge is 0.407 e. The molecule has 6 rings (SSSR count). The zero-order valence-electron chi connectivity index (χ0n) is 37.3. The van der Waals surface area contributed by atoms with Crippen molar-refractivity contribution < 1.29 is 33.4 Å². The van der Waals surface area contributed by atoms with Crippen molar-refractivity contribution in [2.45, 2.75) is 128 Å². The molecule has 0 saturated carbocycles. The Kier molecular flexibility index (Phi) is 16.0. The lowest BCUT2D eigenvalue weighted by Crippen LogP contribution is -2.41. The van der Waals surface area contributed by atoms with Crippen molar-refractivity contribution in [1.29, 1.82) is 0 Å². The normalized spacial score (nSPS) is 15.9. The van der Waals surface area contributed by atoms with Crippen molar-refractivity contribution in [2.24, 2.45) is 10.8 Å². The molecule has 59 heavy (non-hydrogen) atoms. The molecular formula is C46H65ClN4O8. The number of esters is 1. The molecule has 3 aliphatic rings. The van der Waals surface area contributed by atoms with Crippen molar-refractivity contribution in [3.05, 3.63) is 73.6 Å². The number of halogens is 1. The van der Waals surface area contributed by atoms with E-state index in [1.807, 2.05) is 20.8 Å². The number of aromatic nitrogens is 2. The second-order valence-corrected chi connectivity index (χ2v) is 17.7. The summed E-state index contributed by atoms with van der Waals surface area (Å²) in [6, 6.07) is 8.47. The number of hydrazine groups is 1. The van der Waals surface area contributed by atoms with Gasteiger partial charge in [-0.1, -0.05) is 83.9 Å². The highest BCUT2D eigenvalue weighted by Gasteiger charge is 2.48. The highest BCUT2D eigenvalue weighted by Crippen LogP contribution is 2.37. The van der Waals surface area contributed by atoms with Crippen molar-refractivity contribution in [3.8, 4) is 17.0 Å². The molecule has 0 radical (unpaired) electrons. The lowest BCUT2D eigenvalue weighted by atomic mass is 9.85. The van der Waals surface area contributed by atoms with Crippen LogP contribution in [-0.4, -0.2) is 81.9 Å². The molecule has 3 aliphatic heterocycles. The molecule has 12 nitrogen and oxygen atoms in total. The summed E-state index contributed by atoms with van der Waals surface area (Å²) in [7, 11) is 0. The van der Waals surface area contributed by atoms with Gasteiger partial charge in [-0.15, -0.1) is 0 Å². The zero-order valence-corrected chi connectivity index (χ0v) is 38.1. The second-order valence-electron chi connectivity index (χ2n) is 17.3. The van der Waals surface area contributed by atoms with Crippen LogP contribution in [0.3, 0.4) is 0 Å². The van der Waals surface area contributed by atoms with Crippen LogP contribution in [0.15, 0.2) is 29.1 Å². The number of rotatable bonds is 7. The van der Waals surface area contributed by atoms with E-state index in [1.54, 1.807) is 40.2 Å². The van der Waals surface area contributed by atoms with Gasteiger partial charge in [0.15, 0.2) is 0 Å². The Balaban J connectivity index is 0.000000229. The van der Waals surface area contributed by atoms with E-state index in [-0.39, 0.29) is 34.0 Å².